The molecule has 1 aromatic heterocycles. The highest BCUT2D eigenvalue weighted by atomic mass is 16.5. The Morgan fingerprint density at radius 3 is 2.85 bits per heavy atom. The molecule has 2 fully saturated rings. The maximum atomic E-state index is 13.2. The second-order valence-electron chi connectivity index (χ2n) is 6.86. The molecule has 1 aromatic carbocycles. The van der Waals surface area contributed by atoms with Crippen LogP contribution in [0.1, 0.15) is 22.6 Å². The summed E-state index contributed by atoms with van der Waals surface area (Å²) in [7, 11) is 0. The zero-order chi connectivity index (χ0) is 18.3. The van der Waals surface area contributed by atoms with Crippen molar-refractivity contribution in [3.63, 3.8) is 0 Å². The molecule has 4 rings (SSSR count). The Hall–Kier alpha value is -2.74. The van der Waals surface area contributed by atoms with Crippen LogP contribution in [0.3, 0.4) is 0 Å². The smallest absolute Gasteiger partial charge is 0.311 e. The maximum Gasteiger partial charge on any atom is 0.311 e. The van der Waals surface area contributed by atoms with Gasteiger partial charge in [0.15, 0.2) is 5.82 Å². The van der Waals surface area contributed by atoms with Crippen LogP contribution >= 0.6 is 0 Å². The first kappa shape index (κ1) is 16.7. The minimum atomic E-state index is -0.927. The van der Waals surface area contributed by atoms with E-state index in [0.29, 0.717) is 43.1 Å². The predicted molar refractivity (Wildman–Crippen MR) is 89.4 cm³/mol. The molecule has 3 heterocycles. The van der Waals surface area contributed by atoms with E-state index in [0.717, 1.165) is 0 Å². The summed E-state index contributed by atoms with van der Waals surface area (Å²) in [5, 5.41) is 13.6. The van der Waals surface area contributed by atoms with Crippen LogP contribution < -0.4 is 0 Å². The minimum absolute atomic E-state index is 0.187. The molecular formula is C18H19N3O5. The fourth-order valence-corrected chi connectivity index (χ4v) is 3.89. The van der Waals surface area contributed by atoms with Gasteiger partial charge in [0.05, 0.1) is 23.1 Å². The third-order valence-corrected chi connectivity index (χ3v) is 5.34. The molecular weight excluding hydrogens is 338 g/mol. The molecule has 0 bridgehead atoms. The Bertz CT molecular complexity index is 864. The van der Waals surface area contributed by atoms with Gasteiger partial charge in [-0.25, -0.2) is 0 Å². The van der Waals surface area contributed by atoms with Gasteiger partial charge in [-0.3, -0.25) is 9.59 Å². The van der Waals surface area contributed by atoms with Crippen molar-refractivity contribution < 1.29 is 24.0 Å². The lowest BCUT2D eigenvalue weighted by molar-refractivity contribution is -0.157. The number of rotatable bonds is 3. The number of hydrogen-bond donors (Lipinski definition) is 1. The lowest BCUT2D eigenvalue weighted by Crippen LogP contribution is -2.45. The monoisotopic (exact) mass is 357 g/mol. The van der Waals surface area contributed by atoms with Crippen LogP contribution in [0.5, 0.6) is 0 Å². The number of aryl methyl sites for hydroxylation is 1. The summed E-state index contributed by atoms with van der Waals surface area (Å²) in [6, 6.07) is 7.00. The Labute approximate surface area is 149 Å². The van der Waals surface area contributed by atoms with Gasteiger partial charge in [0.1, 0.15) is 0 Å². The van der Waals surface area contributed by atoms with Crippen LogP contribution in [0.2, 0.25) is 0 Å². The number of carboxylic acid groups (broad SMARTS) is 1. The van der Waals surface area contributed by atoms with E-state index in [-0.39, 0.29) is 24.3 Å². The average Bonchev–Trinajstić information content (AvgIpc) is 3.25. The van der Waals surface area contributed by atoms with Gasteiger partial charge in [-0.05, 0) is 25.5 Å². The molecule has 2 aliphatic heterocycles. The van der Waals surface area contributed by atoms with Crippen molar-refractivity contribution in [2.24, 2.45) is 11.3 Å². The first-order chi connectivity index (χ1) is 12.5. The van der Waals surface area contributed by atoms with Crippen LogP contribution in [0.15, 0.2) is 28.8 Å². The number of carbonyl (C=O) groups is 2. The molecule has 1 amide bonds. The number of hydrogen-bond acceptors (Lipinski definition) is 6. The molecule has 0 saturated carbocycles. The van der Waals surface area contributed by atoms with Crippen molar-refractivity contribution >= 4 is 11.9 Å². The van der Waals surface area contributed by atoms with E-state index in [4.69, 9.17) is 9.26 Å². The van der Waals surface area contributed by atoms with Gasteiger partial charge < -0.3 is 19.3 Å². The summed E-state index contributed by atoms with van der Waals surface area (Å²) < 4.78 is 10.7. The number of carboxylic acids is 1. The molecule has 0 radical (unpaired) electrons. The number of ether oxygens (including phenoxy) is 1. The second-order valence-corrected chi connectivity index (χ2v) is 6.86. The molecule has 1 N–H and O–H groups in total. The third-order valence-electron chi connectivity index (χ3n) is 5.34. The number of aromatic nitrogens is 2. The van der Waals surface area contributed by atoms with Crippen molar-refractivity contribution in [3.8, 4) is 11.5 Å². The zero-order valence-electron chi connectivity index (χ0n) is 14.3. The lowest BCUT2D eigenvalue weighted by Gasteiger charge is -2.33. The summed E-state index contributed by atoms with van der Waals surface area (Å²) in [4.78, 5) is 30.9. The van der Waals surface area contributed by atoms with Crippen LogP contribution in [0, 0.1) is 18.3 Å². The number of benzene rings is 1. The highest BCUT2D eigenvalue weighted by Crippen LogP contribution is 2.43. The van der Waals surface area contributed by atoms with Crippen molar-refractivity contribution in [2.45, 2.75) is 13.3 Å². The highest BCUT2D eigenvalue weighted by molar-refractivity contribution is 6.00. The number of aliphatic carboxylic acids is 1. The fraction of sp³-hybridized carbons (Fsp3) is 0.444. The van der Waals surface area contributed by atoms with E-state index >= 15 is 0 Å². The maximum absolute atomic E-state index is 13.2. The summed E-state index contributed by atoms with van der Waals surface area (Å²) in [5.41, 5.74) is 0.0501. The summed E-state index contributed by atoms with van der Waals surface area (Å²) in [6.45, 7) is 3.02. The van der Waals surface area contributed by atoms with Crippen LogP contribution in [0.4, 0.5) is 0 Å². The van der Waals surface area contributed by atoms with E-state index in [9.17, 15) is 14.7 Å². The van der Waals surface area contributed by atoms with Gasteiger partial charge in [-0.1, -0.05) is 17.3 Å². The molecule has 2 aliphatic rings. The minimum Gasteiger partial charge on any atom is -0.481 e. The molecule has 8 heteroatoms. The van der Waals surface area contributed by atoms with Crippen molar-refractivity contribution in [2.75, 3.05) is 26.3 Å². The van der Waals surface area contributed by atoms with E-state index in [1.165, 1.54) is 0 Å². The molecule has 0 unspecified atom stereocenters. The number of likely N-dealkylation sites (tertiary alicyclic amines) is 1. The largest absolute Gasteiger partial charge is 0.481 e. The van der Waals surface area contributed by atoms with Crippen LogP contribution in [0.25, 0.3) is 11.5 Å². The van der Waals surface area contributed by atoms with Gasteiger partial charge in [0.25, 0.3) is 11.8 Å². The van der Waals surface area contributed by atoms with Gasteiger partial charge in [-0.2, -0.15) is 4.98 Å². The Kier molecular flexibility index (Phi) is 3.99. The molecule has 0 spiro atoms. The van der Waals surface area contributed by atoms with Gasteiger partial charge >= 0.3 is 5.97 Å². The van der Waals surface area contributed by atoms with E-state index in [1.807, 2.05) is 0 Å². The molecule has 8 nitrogen and oxygen atoms in total. The van der Waals surface area contributed by atoms with Crippen molar-refractivity contribution in [3.05, 3.63) is 35.7 Å². The normalized spacial score (nSPS) is 25.1. The van der Waals surface area contributed by atoms with Gasteiger partial charge in [-0.15, -0.1) is 0 Å². The average molecular weight is 357 g/mol. The number of nitrogens with zero attached hydrogens (tertiary/aromatic N) is 3. The summed E-state index contributed by atoms with van der Waals surface area (Å²) in [5.74, 6) is -0.528. The van der Waals surface area contributed by atoms with Gasteiger partial charge in [0, 0.05) is 25.6 Å². The van der Waals surface area contributed by atoms with E-state index in [2.05, 4.69) is 10.1 Å². The SMILES string of the molecule is Cc1noc(-c2ccccc2C(=O)N2C[C@H]3COCC[C@@]3(C(=O)O)C2)n1. The zero-order valence-corrected chi connectivity index (χ0v) is 14.3. The first-order valence-electron chi connectivity index (χ1n) is 8.51. The number of carbonyl (C=O) groups excluding carboxylic acids is 1. The molecule has 136 valence electrons. The third kappa shape index (κ3) is 2.57. The second kappa shape index (κ2) is 6.21. The van der Waals surface area contributed by atoms with Crippen LogP contribution in [-0.2, 0) is 9.53 Å². The number of fused-ring (bicyclic) bond motifs is 1. The fourth-order valence-electron chi connectivity index (χ4n) is 3.89. The molecule has 2 aromatic rings. The van der Waals surface area contributed by atoms with Crippen molar-refractivity contribution in [1.82, 2.24) is 15.0 Å². The van der Waals surface area contributed by atoms with E-state index < -0.39 is 11.4 Å². The summed E-state index contributed by atoms with van der Waals surface area (Å²) in [6.07, 6.45) is 0.418. The van der Waals surface area contributed by atoms with E-state index in [1.54, 1.807) is 36.1 Å². The molecule has 2 saturated heterocycles. The van der Waals surface area contributed by atoms with Gasteiger partial charge in [0.2, 0.25) is 0 Å². The first-order valence-corrected chi connectivity index (χ1v) is 8.51. The molecule has 26 heavy (non-hydrogen) atoms. The van der Waals surface area contributed by atoms with Crippen molar-refractivity contribution in [1.29, 1.82) is 0 Å². The Balaban J connectivity index is 1.66. The number of amides is 1. The Morgan fingerprint density at radius 2 is 2.15 bits per heavy atom. The Morgan fingerprint density at radius 1 is 1.35 bits per heavy atom. The molecule has 2 atom stereocenters. The van der Waals surface area contributed by atoms with Crippen LogP contribution in [-0.4, -0.2) is 58.3 Å². The summed E-state index contributed by atoms with van der Waals surface area (Å²) >= 11 is 0. The quantitative estimate of drug-likeness (QED) is 0.889. The highest BCUT2D eigenvalue weighted by Gasteiger charge is 2.55. The predicted octanol–water partition coefficient (Wildman–Crippen LogP) is 1.61. The molecule has 0 aliphatic carbocycles. The standard InChI is InChI=1S/C18H19N3O5/c1-11-19-15(26-20-11)13-4-2-3-5-14(13)16(22)21-8-12-9-25-7-6-18(12,10-21)17(23)24/h2-5,12H,6-10H2,1H3,(H,23,24)/t12-,18+/m0/s1. The lowest BCUT2D eigenvalue weighted by atomic mass is 9.74. The topological polar surface area (TPSA) is 106 Å².